The third kappa shape index (κ3) is 4.24. The lowest BCUT2D eigenvalue weighted by molar-refractivity contribution is -0.161. The van der Waals surface area contributed by atoms with Crippen LogP contribution in [-0.2, 0) is 19.1 Å². The Morgan fingerprint density at radius 1 is 1.00 bits per heavy atom. The molecule has 0 aromatic carbocycles. The minimum atomic E-state index is -1.11. The summed E-state index contributed by atoms with van der Waals surface area (Å²) in [4.78, 5) is 24.8. The molecule has 0 aromatic heterocycles. The molecule has 178 valence electrons. The zero-order valence-corrected chi connectivity index (χ0v) is 20.7. The van der Waals surface area contributed by atoms with Gasteiger partial charge in [0.15, 0.2) is 5.78 Å². The SMILES string of the molecule is CC1=C[C@@](C)(O)[C@H](/C(C)=C/C=C/C=C/C=C/C=C/C2(C)C3OC(=O)C2(C)C(=O)C3C)O[C@H]1C. The van der Waals surface area contributed by atoms with Crippen molar-refractivity contribution in [2.75, 3.05) is 0 Å². The van der Waals surface area contributed by atoms with Gasteiger partial charge in [0.2, 0.25) is 0 Å². The van der Waals surface area contributed by atoms with Gasteiger partial charge in [0.1, 0.15) is 23.2 Å². The van der Waals surface area contributed by atoms with E-state index in [1.165, 1.54) is 0 Å². The molecule has 3 rings (SSSR count). The van der Waals surface area contributed by atoms with E-state index in [0.717, 1.165) is 11.1 Å². The Bertz CT molecular complexity index is 992. The minimum Gasteiger partial charge on any atom is -0.460 e. The predicted octanol–water partition coefficient (Wildman–Crippen LogP) is 4.80. The van der Waals surface area contributed by atoms with E-state index in [-0.39, 0.29) is 23.9 Å². The molecule has 2 bridgehead atoms. The molecule has 1 saturated heterocycles. The Morgan fingerprint density at radius 3 is 2.18 bits per heavy atom. The molecule has 5 heteroatoms. The fourth-order valence-corrected chi connectivity index (χ4v) is 5.24. The molecule has 1 saturated carbocycles. The quantitative estimate of drug-likeness (QED) is 0.271. The summed E-state index contributed by atoms with van der Waals surface area (Å²) in [5.41, 5.74) is -0.784. The Hall–Kier alpha value is -2.50. The van der Waals surface area contributed by atoms with E-state index in [4.69, 9.17) is 9.47 Å². The maximum atomic E-state index is 12.6. The van der Waals surface area contributed by atoms with Crippen molar-refractivity contribution in [2.45, 2.75) is 72.4 Å². The number of carbonyl (C=O) groups is 2. The lowest BCUT2D eigenvalue weighted by Crippen LogP contribution is -2.46. The van der Waals surface area contributed by atoms with Crippen LogP contribution in [0.25, 0.3) is 0 Å². The molecule has 0 spiro atoms. The van der Waals surface area contributed by atoms with Crippen molar-refractivity contribution in [3.05, 3.63) is 71.9 Å². The van der Waals surface area contributed by atoms with E-state index in [2.05, 4.69) is 0 Å². The van der Waals surface area contributed by atoms with Crippen molar-refractivity contribution in [3.8, 4) is 0 Å². The highest BCUT2D eigenvalue weighted by Gasteiger charge is 2.73. The lowest BCUT2D eigenvalue weighted by Gasteiger charge is -2.38. The van der Waals surface area contributed by atoms with E-state index in [0.29, 0.717) is 0 Å². The van der Waals surface area contributed by atoms with Gasteiger partial charge in [-0.2, -0.15) is 0 Å². The standard InChI is InChI=1S/C28H36O5/c1-18(23-27(6,31)17-19(2)21(4)32-23)15-13-11-9-8-10-12-14-16-26(5)24-20(3)22(29)28(26,7)25(30)33-24/h8-17,20-21,23-24,31H,1-7H3/b9-8+,12-10+,13-11+,16-14+,18-15+/t20?,21-,23-,24?,26?,27+,28?/m0/s1. The molecule has 2 heterocycles. The molecule has 7 atom stereocenters. The van der Waals surface area contributed by atoms with Crippen molar-refractivity contribution in [3.63, 3.8) is 0 Å². The molecule has 0 aromatic rings. The second-order valence-corrected chi connectivity index (χ2v) is 10.1. The Morgan fingerprint density at radius 2 is 1.58 bits per heavy atom. The molecule has 4 unspecified atom stereocenters. The predicted molar refractivity (Wildman–Crippen MR) is 129 cm³/mol. The Kier molecular flexibility index (Phi) is 6.88. The number of carbonyl (C=O) groups excluding carboxylic acids is 2. The van der Waals surface area contributed by atoms with Gasteiger partial charge in [0.05, 0.1) is 12.0 Å². The number of esters is 1. The largest absolute Gasteiger partial charge is 0.460 e. The zero-order chi connectivity index (χ0) is 24.6. The number of fused-ring (bicyclic) bond motifs is 2. The maximum absolute atomic E-state index is 12.6. The molecule has 0 radical (unpaired) electrons. The topological polar surface area (TPSA) is 72.8 Å². The molecule has 5 nitrogen and oxygen atoms in total. The highest BCUT2D eigenvalue weighted by molar-refractivity contribution is 6.10. The highest BCUT2D eigenvalue weighted by Crippen LogP contribution is 2.60. The van der Waals surface area contributed by atoms with E-state index < -0.39 is 28.5 Å². The molecule has 1 aliphatic carbocycles. The van der Waals surface area contributed by atoms with Crippen LogP contribution in [0.3, 0.4) is 0 Å². The number of allylic oxidation sites excluding steroid dienone is 8. The van der Waals surface area contributed by atoms with Gasteiger partial charge in [-0.3, -0.25) is 9.59 Å². The van der Waals surface area contributed by atoms with Crippen LogP contribution in [0.2, 0.25) is 0 Å². The molecular weight excluding hydrogens is 416 g/mol. The summed E-state index contributed by atoms with van der Waals surface area (Å²) in [5.74, 6) is -0.728. The van der Waals surface area contributed by atoms with Crippen LogP contribution < -0.4 is 0 Å². The average molecular weight is 453 g/mol. The summed E-state index contributed by atoms with van der Waals surface area (Å²) >= 11 is 0. The van der Waals surface area contributed by atoms with Crippen molar-refractivity contribution in [1.29, 1.82) is 0 Å². The fourth-order valence-electron chi connectivity index (χ4n) is 5.24. The highest BCUT2D eigenvalue weighted by atomic mass is 16.6. The summed E-state index contributed by atoms with van der Waals surface area (Å²) in [6, 6.07) is 0. The fraction of sp³-hybridized carbons (Fsp3) is 0.500. The summed E-state index contributed by atoms with van der Waals surface area (Å²) in [6.07, 6.45) is 18.2. The van der Waals surface area contributed by atoms with Gasteiger partial charge in [-0.15, -0.1) is 0 Å². The second-order valence-electron chi connectivity index (χ2n) is 10.1. The number of aliphatic hydroxyl groups is 1. The molecular formula is C28H36O5. The number of hydrogen-bond acceptors (Lipinski definition) is 5. The first-order valence-electron chi connectivity index (χ1n) is 11.5. The molecule has 2 fully saturated rings. The van der Waals surface area contributed by atoms with Crippen LogP contribution in [0, 0.1) is 16.7 Å². The molecule has 33 heavy (non-hydrogen) atoms. The lowest BCUT2D eigenvalue weighted by atomic mass is 9.68. The van der Waals surface area contributed by atoms with Crippen molar-refractivity contribution < 1.29 is 24.2 Å². The third-order valence-electron chi connectivity index (χ3n) is 7.59. The third-order valence-corrected chi connectivity index (χ3v) is 7.59. The first-order valence-corrected chi connectivity index (χ1v) is 11.5. The number of Topliss-reactive ketones (excluding diaryl/α,β-unsaturated/α-hetero) is 1. The zero-order valence-electron chi connectivity index (χ0n) is 20.7. The summed E-state index contributed by atoms with van der Waals surface area (Å²) in [6.45, 7) is 13.1. The maximum Gasteiger partial charge on any atom is 0.320 e. The van der Waals surface area contributed by atoms with Crippen LogP contribution >= 0.6 is 0 Å². The van der Waals surface area contributed by atoms with Crippen LogP contribution in [0.5, 0.6) is 0 Å². The average Bonchev–Trinajstić information content (AvgIpc) is 3.02. The van der Waals surface area contributed by atoms with Gasteiger partial charge in [-0.25, -0.2) is 0 Å². The Balaban J connectivity index is 1.57. The van der Waals surface area contributed by atoms with E-state index in [1.54, 1.807) is 13.8 Å². The summed E-state index contributed by atoms with van der Waals surface area (Å²) in [5, 5.41) is 10.7. The smallest absolute Gasteiger partial charge is 0.320 e. The van der Waals surface area contributed by atoms with Crippen LogP contribution in [0.1, 0.15) is 48.5 Å². The van der Waals surface area contributed by atoms with E-state index in [9.17, 15) is 14.7 Å². The second kappa shape index (κ2) is 9.03. The van der Waals surface area contributed by atoms with Crippen LogP contribution in [0.15, 0.2) is 71.9 Å². The van der Waals surface area contributed by atoms with Gasteiger partial charge in [0, 0.05) is 5.41 Å². The van der Waals surface area contributed by atoms with E-state index in [1.807, 2.05) is 95.4 Å². The number of ketones is 1. The van der Waals surface area contributed by atoms with Crippen LogP contribution in [-0.4, -0.2) is 40.8 Å². The minimum absolute atomic E-state index is 0.0177. The molecule has 2 aliphatic heterocycles. The summed E-state index contributed by atoms with van der Waals surface area (Å²) in [7, 11) is 0. The first-order chi connectivity index (χ1) is 15.4. The number of ether oxygens (including phenoxy) is 2. The van der Waals surface area contributed by atoms with Gasteiger partial charge in [0.25, 0.3) is 0 Å². The summed E-state index contributed by atoms with van der Waals surface area (Å²) < 4.78 is 11.5. The normalized spacial score (nSPS) is 41.8. The molecule has 0 amide bonds. The van der Waals surface area contributed by atoms with Gasteiger partial charge < -0.3 is 14.6 Å². The van der Waals surface area contributed by atoms with E-state index >= 15 is 0 Å². The van der Waals surface area contributed by atoms with Crippen molar-refractivity contribution in [2.24, 2.45) is 16.7 Å². The Labute approximate surface area is 197 Å². The number of hydrogen-bond donors (Lipinski definition) is 1. The van der Waals surface area contributed by atoms with Crippen molar-refractivity contribution >= 4 is 11.8 Å². The monoisotopic (exact) mass is 452 g/mol. The molecule has 1 N–H and O–H groups in total. The molecule has 3 aliphatic rings. The first kappa shape index (κ1) is 25.1. The van der Waals surface area contributed by atoms with Crippen molar-refractivity contribution in [1.82, 2.24) is 0 Å². The number of rotatable bonds is 6. The van der Waals surface area contributed by atoms with Gasteiger partial charge in [-0.1, -0.05) is 68.5 Å². The van der Waals surface area contributed by atoms with Crippen LogP contribution in [0.4, 0.5) is 0 Å². The van der Waals surface area contributed by atoms with Gasteiger partial charge >= 0.3 is 5.97 Å². The van der Waals surface area contributed by atoms with Gasteiger partial charge in [-0.05, 0) is 51.8 Å².